The topological polar surface area (TPSA) is 12.0 Å². The first kappa shape index (κ1) is 11.2. The minimum atomic E-state index is -4.06. The number of hydrogen-bond acceptors (Lipinski definition) is 1. The quantitative estimate of drug-likeness (QED) is 0.772. The molecular formula is C11H18F3N. The molecule has 0 aliphatic heterocycles. The van der Waals surface area contributed by atoms with E-state index in [1.807, 2.05) is 0 Å². The van der Waals surface area contributed by atoms with Crippen LogP contribution < -0.4 is 5.32 Å². The largest absolute Gasteiger partial charge is 0.406 e. The van der Waals surface area contributed by atoms with Crippen molar-refractivity contribution in [3.8, 4) is 0 Å². The van der Waals surface area contributed by atoms with Gasteiger partial charge in [-0.05, 0) is 37.5 Å². The van der Waals surface area contributed by atoms with Crippen LogP contribution in [0, 0.1) is 11.8 Å². The molecule has 0 atom stereocenters. The molecule has 0 aromatic rings. The van der Waals surface area contributed by atoms with Gasteiger partial charge in [0.2, 0.25) is 0 Å². The zero-order chi connectivity index (χ0) is 11.3. The predicted molar refractivity (Wildman–Crippen MR) is 52.5 cm³/mol. The number of nitrogens with one attached hydrogen (secondary N) is 1. The summed E-state index contributed by atoms with van der Waals surface area (Å²) in [6.07, 6.45) is -1.71. The standard InChI is InChI=1S/C11H18F3N/c1-7(2)8-5-9(6-8)15-10(3-4-10)11(12,13)14/h7-9,15H,3-6H2,1-2H3. The van der Waals surface area contributed by atoms with Crippen LogP contribution in [0.15, 0.2) is 0 Å². The summed E-state index contributed by atoms with van der Waals surface area (Å²) in [6, 6.07) is 0.0986. The Morgan fingerprint density at radius 2 is 1.73 bits per heavy atom. The van der Waals surface area contributed by atoms with Crippen molar-refractivity contribution in [3.63, 3.8) is 0 Å². The first-order valence-electron chi connectivity index (χ1n) is 5.68. The van der Waals surface area contributed by atoms with Crippen LogP contribution in [0.1, 0.15) is 39.5 Å². The highest BCUT2D eigenvalue weighted by Gasteiger charge is 2.64. The summed E-state index contributed by atoms with van der Waals surface area (Å²) in [6.45, 7) is 4.27. The van der Waals surface area contributed by atoms with Crippen LogP contribution in [0.2, 0.25) is 0 Å². The maximum atomic E-state index is 12.6. The third kappa shape index (κ3) is 2.01. The molecule has 0 aromatic carbocycles. The Bertz CT molecular complexity index is 237. The van der Waals surface area contributed by atoms with Crippen molar-refractivity contribution in [2.75, 3.05) is 0 Å². The zero-order valence-corrected chi connectivity index (χ0v) is 9.19. The Balaban J connectivity index is 1.81. The predicted octanol–water partition coefficient (Wildman–Crippen LogP) is 3.11. The van der Waals surface area contributed by atoms with Gasteiger partial charge in [-0.3, -0.25) is 0 Å². The van der Waals surface area contributed by atoms with E-state index in [2.05, 4.69) is 19.2 Å². The maximum absolute atomic E-state index is 12.6. The second kappa shape index (κ2) is 3.37. The fourth-order valence-electron chi connectivity index (χ4n) is 2.35. The molecule has 88 valence electrons. The van der Waals surface area contributed by atoms with E-state index in [9.17, 15) is 13.2 Å². The van der Waals surface area contributed by atoms with Gasteiger partial charge in [0.1, 0.15) is 5.54 Å². The SMILES string of the molecule is CC(C)C1CC(NC2(C(F)(F)F)CC2)C1. The van der Waals surface area contributed by atoms with E-state index in [1.165, 1.54) is 0 Å². The van der Waals surface area contributed by atoms with Gasteiger partial charge in [-0.2, -0.15) is 13.2 Å². The highest BCUT2D eigenvalue weighted by molar-refractivity contribution is 5.10. The van der Waals surface area contributed by atoms with Gasteiger partial charge in [-0.25, -0.2) is 0 Å². The average molecular weight is 221 g/mol. The Kier molecular flexibility index (Phi) is 2.53. The molecule has 4 heteroatoms. The van der Waals surface area contributed by atoms with Gasteiger partial charge in [0, 0.05) is 6.04 Å². The van der Waals surface area contributed by atoms with Crippen molar-refractivity contribution < 1.29 is 13.2 Å². The summed E-state index contributed by atoms with van der Waals surface area (Å²) in [4.78, 5) is 0. The third-order valence-corrected chi connectivity index (χ3v) is 3.89. The van der Waals surface area contributed by atoms with E-state index >= 15 is 0 Å². The lowest BCUT2D eigenvalue weighted by Crippen LogP contribution is -2.54. The second-order valence-electron chi connectivity index (χ2n) is 5.40. The van der Waals surface area contributed by atoms with Crippen LogP contribution in [0.25, 0.3) is 0 Å². The fraction of sp³-hybridized carbons (Fsp3) is 1.00. The van der Waals surface area contributed by atoms with Gasteiger partial charge in [-0.15, -0.1) is 0 Å². The van der Waals surface area contributed by atoms with E-state index in [1.54, 1.807) is 0 Å². The van der Waals surface area contributed by atoms with Crippen LogP contribution in [-0.2, 0) is 0 Å². The van der Waals surface area contributed by atoms with E-state index < -0.39 is 11.7 Å². The lowest BCUT2D eigenvalue weighted by atomic mass is 9.73. The smallest absolute Gasteiger partial charge is 0.301 e. The van der Waals surface area contributed by atoms with Crippen LogP contribution >= 0.6 is 0 Å². The first-order chi connectivity index (χ1) is 6.84. The molecule has 2 fully saturated rings. The van der Waals surface area contributed by atoms with Crippen LogP contribution in [0.3, 0.4) is 0 Å². The lowest BCUT2D eigenvalue weighted by Gasteiger charge is -2.41. The van der Waals surface area contributed by atoms with Crippen LogP contribution in [0.4, 0.5) is 13.2 Å². The van der Waals surface area contributed by atoms with E-state index in [4.69, 9.17) is 0 Å². The Labute approximate surface area is 88.4 Å². The molecule has 1 nitrogen and oxygen atoms in total. The first-order valence-corrected chi connectivity index (χ1v) is 5.68. The average Bonchev–Trinajstić information content (AvgIpc) is 2.73. The molecule has 0 amide bonds. The molecule has 2 saturated carbocycles. The molecule has 0 bridgehead atoms. The van der Waals surface area contributed by atoms with E-state index in [0.717, 1.165) is 12.8 Å². The molecular weight excluding hydrogens is 203 g/mol. The Morgan fingerprint density at radius 3 is 2.07 bits per heavy atom. The van der Waals surface area contributed by atoms with Crippen molar-refractivity contribution in [1.82, 2.24) is 5.32 Å². The zero-order valence-electron chi connectivity index (χ0n) is 9.19. The van der Waals surface area contributed by atoms with Crippen molar-refractivity contribution >= 4 is 0 Å². The van der Waals surface area contributed by atoms with Crippen LogP contribution in [-0.4, -0.2) is 17.8 Å². The molecule has 2 aliphatic carbocycles. The van der Waals surface area contributed by atoms with Crippen molar-refractivity contribution in [3.05, 3.63) is 0 Å². The Hall–Kier alpha value is -0.250. The van der Waals surface area contributed by atoms with Crippen molar-refractivity contribution in [2.24, 2.45) is 11.8 Å². The number of hydrogen-bond donors (Lipinski definition) is 1. The highest BCUT2D eigenvalue weighted by atomic mass is 19.4. The summed E-state index contributed by atoms with van der Waals surface area (Å²) in [5.41, 5.74) is -1.51. The number of alkyl halides is 3. The summed E-state index contributed by atoms with van der Waals surface area (Å²) in [5, 5.41) is 2.80. The van der Waals surface area contributed by atoms with Gasteiger partial charge >= 0.3 is 6.18 Å². The van der Waals surface area contributed by atoms with Gasteiger partial charge in [0.25, 0.3) is 0 Å². The molecule has 0 spiro atoms. The molecule has 0 saturated heterocycles. The molecule has 15 heavy (non-hydrogen) atoms. The van der Waals surface area contributed by atoms with E-state index in [-0.39, 0.29) is 18.9 Å². The van der Waals surface area contributed by atoms with Crippen molar-refractivity contribution in [1.29, 1.82) is 0 Å². The third-order valence-electron chi connectivity index (χ3n) is 3.89. The monoisotopic (exact) mass is 221 g/mol. The summed E-state index contributed by atoms with van der Waals surface area (Å²) >= 11 is 0. The molecule has 1 N–H and O–H groups in total. The Morgan fingerprint density at radius 1 is 1.20 bits per heavy atom. The fourth-order valence-corrected chi connectivity index (χ4v) is 2.35. The van der Waals surface area contributed by atoms with Crippen LogP contribution in [0.5, 0.6) is 0 Å². The number of rotatable bonds is 3. The minimum absolute atomic E-state index is 0.0986. The summed E-state index contributed by atoms with van der Waals surface area (Å²) in [7, 11) is 0. The number of halogens is 3. The summed E-state index contributed by atoms with van der Waals surface area (Å²) in [5.74, 6) is 1.22. The minimum Gasteiger partial charge on any atom is -0.301 e. The van der Waals surface area contributed by atoms with Gasteiger partial charge < -0.3 is 5.32 Å². The molecule has 0 unspecified atom stereocenters. The highest BCUT2D eigenvalue weighted by Crippen LogP contribution is 2.50. The molecule has 0 heterocycles. The van der Waals surface area contributed by atoms with Gasteiger partial charge in [0.05, 0.1) is 0 Å². The second-order valence-corrected chi connectivity index (χ2v) is 5.40. The molecule has 0 radical (unpaired) electrons. The lowest BCUT2D eigenvalue weighted by molar-refractivity contribution is -0.170. The molecule has 2 aliphatic rings. The van der Waals surface area contributed by atoms with Gasteiger partial charge in [-0.1, -0.05) is 13.8 Å². The van der Waals surface area contributed by atoms with Crippen molar-refractivity contribution in [2.45, 2.75) is 57.3 Å². The van der Waals surface area contributed by atoms with Gasteiger partial charge in [0.15, 0.2) is 0 Å². The maximum Gasteiger partial charge on any atom is 0.406 e. The molecule has 0 aromatic heterocycles. The molecule has 2 rings (SSSR count). The summed E-state index contributed by atoms with van der Waals surface area (Å²) < 4.78 is 37.8. The van der Waals surface area contributed by atoms with E-state index in [0.29, 0.717) is 11.8 Å². The normalized spacial score (nSPS) is 34.0.